The molecule has 1 N–H and O–H groups in total. The average Bonchev–Trinajstić information content (AvgIpc) is 2.97. The first-order chi connectivity index (χ1) is 13.4. The normalized spacial score (nSPS) is 15.0. The zero-order valence-corrected chi connectivity index (χ0v) is 16.5. The van der Waals surface area contributed by atoms with Gasteiger partial charge in [-0.1, -0.05) is 6.07 Å². The maximum Gasteiger partial charge on any atom is 0.282 e. The molecular weight excluding hydrogens is 360 g/mol. The Balaban J connectivity index is 1.99. The number of anilines is 1. The molecule has 3 rings (SSSR count). The Morgan fingerprint density at radius 3 is 2.07 bits per heavy atom. The third-order valence-electron chi connectivity index (χ3n) is 4.64. The van der Waals surface area contributed by atoms with Crippen LogP contribution in [0.15, 0.2) is 35.9 Å². The molecule has 0 radical (unpaired) electrons. The van der Waals surface area contributed by atoms with Crippen molar-refractivity contribution in [2.75, 3.05) is 26.3 Å². The average molecular weight is 382 g/mol. The molecule has 1 fully saturated rings. The molecule has 2 aromatic carbocycles. The van der Waals surface area contributed by atoms with Crippen LogP contribution in [-0.2, 0) is 9.59 Å². The lowest BCUT2D eigenvalue weighted by molar-refractivity contribution is -0.117. The number of amides is 2. The Kier molecular flexibility index (Phi) is 5.26. The first-order valence-corrected chi connectivity index (χ1v) is 8.64. The standard InChI is InChI=1S/C21H22N2O5/c1-12-6-7-15(8-13(12)2)23-21(25)16(20(24)22-23)9-14-10-17(26-3)19(28-5)18(11-14)27-4/h6-11H,1-5H3,(H,22,24)/b16-9-. The molecule has 146 valence electrons. The summed E-state index contributed by atoms with van der Waals surface area (Å²) in [4.78, 5) is 25.3. The fourth-order valence-corrected chi connectivity index (χ4v) is 2.96. The summed E-state index contributed by atoms with van der Waals surface area (Å²) in [6, 6.07) is 8.91. The summed E-state index contributed by atoms with van der Waals surface area (Å²) in [6.45, 7) is 3.94. The lowest BCUT2D eigenvalue weighted by Gasteiger charge is -2.16. The van der Waals surface area contributed by atoms with Crippen LogP contribution in [0.1, 0.15) is 16.7 Å². The van der Waals surface area contributed by atoms with Gasteiger partial charge in [0, 0.05) is 0 Å². The van der Waals surface area contributed by atoms with Crippen molar-refractivity contribution >= 4 is 23.6 Å². The van der Waals surface area contributed by atoms with E-state index >= 15 is 0 Å². The van der Waals surface area contributed by atoms with Crippen molar-refractivity contribution in [2.45, 2.75) is 13.8 Å². The van der Waals surface area contributed by atoms with Crippen LogP contribution in [0.25, 0.3) is 6.08 Å². The van der Waals surface area contributed by atoms with Gasteiger partial charge in [0.25, 0.3) is 11.8 Å². The molecule has 2 aromatic rings. The molecule has 1 aliphatic rings. The molecule has 2 amide bonds. The molecule has 0 atom stereocenters. The van der Waals surface area contributed by atoms with E-state index in [0.717, 1.165) is 11.1 Å². The molecule has 0 aliphatic carbocycles. The first kappa shape index (κ1) is 19.3. The van der Waals surface area contributed by atoms with E-state index in [0.29, 0.717) is 28.5 Å². The van der Waals surface area contributed by atoms with E-state index in [1.54, 1.807) is 18.2 Å². The van der Waals surface area contributed by atoms with Gasteiger partial charge in [-0.2, -0.15) is 0 Å². The summed E-state index contributed by atoms with van der Waals surface area (Å²) in [5, 5.41) is 1.25. The van der Waals surface area contributed by atoms with Crippen molar-refractivity contribution < 1.29 is 23.8 Å². The summed E-state index contributed by atoms with van der Waals surface area (Å²) >= 11 is 0. The molecule has 1 aliphatic heterocycles. The van der Waals surface area contributed by atoms with Gasteiger partial charge < -0.3 is 14.2 Å². The number of hydrogen-bond donors (Lipinski definition) is 1. The Labute approximate surface area is 163 Å². The van der Waals surface area contributed by atoms with E-state index < -0.39 is 11.8 Å². The number of aryl methyl sites for hydroxylation is 2. The quantitative estimate of drug-likeness (QED) is 0.636. The van der Waals surface area contributed by atoms with Gasteiger partial charge in [0.15, 0.2) is 11.5 Å². The van der Waals surface area contributed by atoms with E-state index in [2.05, 4.69) is 5.43 Å². The highest BCUT2D eigenvalue weighted by atomic mass is 16.5. The van der Waals surface area contributed by atoms with Gasteiger partial charge in [0.05, 0.1) is 27.0 Å². The number of ether oxygens (including phenoxy) is 3. The monoisotopic (exact) mass is 382 g/mol. The van der Waals surface area contributed by atoms with E-state index in [4.69, 9.17) is 14.2 Å². The van der Waals surface area contributed by atoms with Crippen molar-refractivity contribution in [3.8, 4) is 17.2 Å². The van der Waals surface area contributed by atoms with Gasteiger partial charge in [0.1, 0.15) is 5.57 Å². The first-order valence-electron chi connectivity index (χ1n) is 8.64. The number of nitrogens with zero attached hydrogens (tertiary/aromatic N) is 1. The topological polar surface area (TPSA) is 77.1 Å². The number of rotatable bonds is 5. The lowest BCUT2D eigenvalue weighted by atomic mass is 10.1. The molecule has 0 bridgehead atoms. The molecule has 0 unspecified atom stereocenters. The van der Waals surface area contributed by atoms with Gasteiger partial charge in [-0.3, -0.25) is 15.0 Å². The second-order valence-electron chi connectivity index (χ2n) is 6.37. The second-order valence-corrected chi connectivity index (χ2v) is 6.37. The number of carbonyl (C=O) groups is 2. The Bertz CT molecular complexity index is 956. The third kappa shape index (κ3) is 3.38. The summed E-state index contributed by atoms with van der Waals surface area (Å²) in [6.07, 6.45) is 1.50. The highest BCUT2D eigenvalue weighted by Gasteiger charge is 2.34. The molecule has 1 heterocycles. The minimum atomic E-state index is -0.475. The third-order valence-corrected chi connectivity index (χ3v) is 4.64. The number of benzene rings is 2. The Morgan fingerprint density at radius 2 is 1.54 bits per heavy atom. The van der Waals surface area contributed by atoms with Crippen LogP contribution in [-0.4, -0.2) is 33.1 Å². The molecule has 1 saturated heterocycles. The Morgan fingerprint density at radius 1 is 0.893 bits per heavy atom. The number of nitrogens with one attached hydrogen (secondary N) is 1. The predicted octanol–water partition coefficient (Wildman–Crippen LogP) is 2.79. The van der Waals surface area contributed by atoms with Crippen LogP contribution >= 0.6 is 0 Å². The van der Waals surface area contributed by atoms with Gasteiger partial charge in [-0.05, 0) is 60.9 Å². The largest absolute Gasteiger partial charge is 0.493 e. The van der Waals surface area contributed by atoms with Crippen LogP contribution < -0.4 is 24.6 Å². The van der Waals surface area contributed by atoms with E-state index in [1.807, 2.05) is 26.0 Å². The van der Waals surface area contributed by atoms with E-state index in [9.17, 15) is 9.59 Å². The van der Waals surface area contributed by atoms with Gasteiger partial charge in [0.2, 0.25) is 5.75 Å². The van der Waals surface area contributed by atoms with Crippen LogP contribution in [0.4, 0.5) is 5.69 Å². The highest BCUT2D eigenvalue weighted by Crippen LogP contribution is 2.39. The van der Waals surface area contributed by atoms with E-state index in [1.165, 1.54) is 32.4 Å². The van der Waals surface area contributed by atoms with Crippen molar-refractivity contribution in [1.82, 2.24) is 5.43 Å². The smallest absolute Gasteiger partial charge is 0.282 e. The van der Waals surface area contributed by atoms with Crippen LogP contribution in [0.5, 0.6) is 17.2 Å². The Hall–Kier alpha value is -3.48. The molecule has 7 nitrogen and oxygen atoms in total. The highest BCUT2D eigenvalue weighted by molar-refractivity contribution is 6.31. The second kappa shape index (κ2) is 7.64. The zero-order valence-electron chi connectivity index (χ0n) is 16.5. The lowest BCUT2D eigenvalue weighted by Crippen LogP contribution is -2.35. The molecule has 7 heteroatoms. The predicted molar refractivity (Wildman–Crippen MR) is 106 cm³/mol. The molecule has 28 heavy (non-hydrogen) atoms. The number of carbonyl (C=O) groups excluding carboxylic acids is 2. The van der Waals surface area contributed by atoms with Crippen molar-refractivity contribution in [3.63, 3.8) is 0 Å². The number of hydrazine groups is 1. The van der Waals surface area contributed by atoms with Crippen LogP contribution in [0, 0.1) is 13.8 Å². The van der Waals surface area contributed by atoms with Gasteiger partial charge in [-0.25, -0.2) is 5.01 Å². The zero-order chi connectivity index (χ0) is 20.4. The summed E-state index contributed by atoms with van der Waals surface area (Å²) in [5.41, 5.74) is 5.95. The summed E-state index contributed by atoms with van der Waals surface area (Å²) < 4.78 is 15.9. The molecular formula is C21H22N2O5. The minimum absolute atomic E-state index is 0.0208. The van der Waals surface area contributed by atoms with E-state index in [-0.39, 0.29) is 5.57 Å². The van der Waals surface area contributed by atoms with Gasteiger partial charge in [-0.15, -0.1) is 0 Å². The fraction of sp³-hybridized carbons (Fsp3) is 0.238. The van der Waals surface area contributed by atoms with Gasteiger partial charge >= 0.3 is 0 Å². The van der Waals surface area contributed by atoms with Crippen LogP contribution in [0.2, 0.25) is 0 Å². The van der Waals surface area contributed by atoms with Crippen molar-refractivity contribution in [2.24, 2.45) is 0 Å². The maximum atomic E-state index is 12.8. The van der Waals surface area contributed by atoms with Crippen molar-refractivity contribution in [3.05, 3.63) is 52.6 Å². The minimum Gasteiger partial charge on any atom is -0.493 e. The summed E-state index contributed by atoms with van der Waals surface area (Å²) in [5.74, 6) is 0.404. The molecule has 0 saturated carbocycles. The van der Waals surface area contributed by atoms with Crippen LogP contribution in [0.3, 0.4) is 0 Å². The number of hydrogen-bond acceptors (Lipinski definition) is 5. The molecule has 0 aromatic heterocycles. The summed E-state index contributed by atoms with van der Waals surface area (Å²) in [7, 11) is 4.51. The fourth-order valence-electron chi connectivity index (χ4n) is 2.96. The SMILES string of the molecule is COc1cc(/C=C2/C(=O)NN(c3ccc(C)c(C)c3)C2=O)cc(OC)c1OC. The maximum absolute atomic E-state index is 12.8. The van der Waals surface area contributed by atoms with Crippen molar-refractivity contribution in [1.29, 1.82) is 0 Å². The molecule has 0 spiro atoms. The number of methoxy groups -OCH3 is 3.